The molecule has 26 heavy (non-hydrogen) atoms. The molecule has 0 unspecified atom stereocenters. The van der Waals surface area contributed by atoms with Gasteiger partial charge in [0.1, 0.15) is 5.76 Å². The van der Waals surface area contributed by atoms with Gasteiger partial charge in [0.15, 0.2) is 0 Å². The maximum Gasteiger partial charge on any atom is 0.295 e. The number of benzene rings is 2. The fraction of sp³-hybridized carbons (Fsp3) is 0.111. The summed E-state index contributed by atoms with van der Waals surface area (Å²) < 4.78 is 0.778. The maximum absolute atomic E-state index is 12.5. The minimum atomic E-state index is -1.04. The molecule has 0 radical (unpaired) electrons. The van der Waals surface area contributed by atoms with Gasteiger partial charge in [0.05, 0.1) is 22.1 Å². The Morgan fingerprint density at radius 2 is 1.77 bits per heavy atom. The highest BCUT2D eigenvalue weighted by Crippen LogP contribution is 2.41. The first-order valence-corrected chi connectivity index (χ1v) is 8.36. The molecule has 0 bridgehead atoms. The molecule has 132 valence electrons. The Labute approximate surface area is 156 Å². The fourth-order valence-electron chi connectivity index (χ4n) is 2.96. The molecule has 1 heterocycles. The van der Waals surface area contributed by atoms with E-state index in [0.717, 1.165) is 9.37 Å². The van der Waals surface area contributed by atoms with Gasteiger partial charge in [-0.25, -0.2) is 0 Å². The number of aliphatic hydroxyl groups excluding tert-OH is 1. The molecule has 3 rings (SSSR count). The van der Waals surface area contributed by atoms with Gasteiger partial charge in [-0.15, -0.1) is 0 Å². The summed E-state index contributed by atoms with van der Waals surface area (Å²) in [6.07, 6.45) is 0. The number of rotatable bonds is 3. The smallest absolute Gasteiger partial charge is 0.295 e. The van der Waals surface area contributed by atoms with Crippen molar-refractivity contribution in [3.05, 3.63) is 79.8 Å². The summed E-state index contributed by atoms with van der Waals surface area (Å²) in [5.41, 5.74) is 0.100. The predicted octanol–water partition coefficient (Wildman–Crippen LogP) is 3.41. The van der Waals surface area contributed by atoms with Crippen molar-refractivity contribution in [1.82, 2.24) is 4.90 Å². The predicted molar refractivity (Wildman–Crippen MR) is 97.3 cm³/mol. The Hall–Kier alpha value is -3.00. The highest BCUT2D eigenvalue weighted by molar-refractivity contribution is 9.10. The second-order valence-corrected chi connectivity index (χ2v) is 6.65. The van der Waals surface area contributed by atoms with Gasteiger partial charge in [-0.3, -0.25) is 19.7 Å². The lowest BCUT2D eigenvalue weighted by molar-refractivity contribution is -0.385. The van der Waals surface area contributed by atoms with Gasteiger partial charge in [-0.05, 0) is 18.2 Å². The summed E-state index contributed by atoms with van der Waals surface area (Å²) >= 11 is 3.28. The van der Waals surface area contributed by atoms with Gasteiger partial charge >= 0.3 is 0 Å². The molecule has 1 saturated heterocycles. The van der Waals surface area contributed by atoms with Crippen LogP contribution in [0.5, 0.6) is 0 Å². The zero-order chi connectivity index (χ0) is 19.0. The van der Waals surface area contributed by atoms with Gasteiger partial charge in [-0.2, -0.15) is 0 Å². The normalized spacial score (nSPS) is 19.0. The summed E-state index contributed by atoms with van der Waals surface area (Å²) in [5, 5.41) is 22.0. The van der Waals surface area contributed by atoms with Crippen molar-refractivity contribution >= 4 is 39.1 Å². The van der Waals surface area contributed by atoms with Crippen LogP contribution in [0.15, 0.2) is 58.6 Å². The number of carbonyl (C=O) groups is 2. The van der Waals surface area contributed by atoms with Crippen LogP contribution in [0, 0.1) is 10.1 Å². The van der Waals surface area contributed by atoms with Crippen molar-refractivity contribution in [2.75, 3.05) is 7.05 Å². The van der Waals surface area contributed by atoms with Crippen molar-refractivity contribution in [3.63, 3.8) is 0 Å². The summed E-state index contributed by atoms with van der Waals surface area (Å²) in [5.74, 6) is -2.08. The van der Waals surface area contributed by atoms with Crippen LogP contribution >= 0.6 is 15.9 Å². The lowest BCUT2D eigenvalue weighted by Gasteiger charge is -2.20. The second-order valence-electron chi connectivity index (χ2n) is 5.73. The molecule has 0 saturated carbocycles. The lowest BCUT2D eigenvalue weighted by atomic mass is 9.94. The molecule has 7 nitrogen and oxygen atoms in total. The standard InChI is InChI=1S/C18H13BrN2O5/c1-20-15(12-4-2-3-5-13(12)21(25)26)14(17(23)18(20)24)16(22)10-6-8-11(19)9-7-10/h2-9,15,22H,1H3/t15-/m0/s1. The third-order valence-electron chi connectivity index (χ3n) is 4.22. The van der Waals surface area contributed by atoms with E-state index in [1.54, 1.807) is 30.3 Å². The first kappa shape index (κ1) is 17.8. The number of aliphatic hydroxyl groups is 1. The monoisotopic (exact) mass is 416 g/mol. The minimum Gasteiger partial charge on any atom is -0.507 e. The largest absolute Gasteiger partial charge is 0.507 e. The van der Waals surface area contributed by atoms with Crippen LogP contribution in [-0.4, -0.2) is 33.7 Å². The number of hydrogen-bond acceptors (Lipinski definition) is 5. The van der Waals surface area contributed by atoms with Crippen LogP contribution in [0.4, 0.5) is 5.69 Å². The zero-order valence-electron chi connectivity index (χ0n) is 13.5. The molecule has 1 N–H and O–H groups in total. The number of halogens is 1. The molecule has 2 aromatic carbocycles. The Morgan fingerprint density at radius 1 is 1.15 bits per heavy atom. The number of carbonyl (C=O) groups excluding carboxylic acids is 2. The van der Waals surface area contributed by atoms with E-state index in [1.807, 2.05) is 0 Å². The van der Waals surface area contributed by atoms with E-state index >= 15 is 0 Å². The van der Waals surface area contributed by atoms with Gasteiger partial charge in [0.25, 0.3) is 17.4 Å². The average Bonchev–Trinajstić information content (AvgIpc) is 2.85. The van der Waals surface area contributed by atoms with Gasteiger partial charge in [0, 0.05) is 23.2 Å². The van der Waals surface area contributed by atoms with E-state index in [0.29, 0.717) is 5.56 Å². The van der Waals surface area contributed by atoms with Crippen LogP contribution in [0.2, 0.25) is 0 Å². The van der Waals surface area contributed by atoms with E-state index in [4.69, 9.17) is 0 Å². The summed E-state index contributed by atoms with van der Waals surface area (Å²) in [4.78, 5) is 36.6. The van der Waals surface area contributed by atoms with Crippen molar-refractivity contribution in [2.24, 2.45) is 0 Å². The number of para-hydroxylation sites is 1. The topological polar surface area (TPSA) is 101 Å². The first-order chi connectivity index (χ1) is 12.3. The molecule has 0 aliphatic carbocycles. The van der Waals surface area contributed by atoms with Crippen LogP contribution < -0.4 is 0 Å². The Bertz CT molecular complexity index is 952. The number of likely N-dealkylation sites (N-methyl/N-ethyl adjacent to an activating group) is 1. The number of hydrogen-bond donors (Lipinski definition) is 1. The molecule has 2 aromatic rings. The van der Waals surface area contributed by atoms with Crippen LogP contribution in [0.25, 0.3) is 5.76 Å². The van der Waals surface area contributed by atoms with Crippen molar-refractivity contribution in [1.29, 1.82) is 0 Å². The highest BCUT2D eigenvalue weighted by Gasteiger charge is 2.46. The van der Waals surface area contributed by atoms with Crippen LogP contribution in [0.3, 0.4) is 0 Å². The van der Waals surface area contributed by atoms with Gasteiger partial charge in [-0.1, -0.05) is 40.2 Å². The number of Topliss-reactive ketones (excluding diaryl/α,β-unsaturated/α-hetero) is 1. The molecule has 0 spiro atoms. The maximum atomic E-state index is 12.5. The summed E-state index contributed by atoms with van der Waals surface area (Å²) in [6.45, 7) is 0. The average molecular weight is 417 g/mol. The van der Waals surface area contributed by atoms with Crippen LogP contribution in [-0.2, 0) is 9.59 Å². The lowest BCUT2D eigenvalue weighted by Crippen LogP contribution is -2.25. The summed E-state index contributed by atoms with van der Waals surface area (Å²) in [6, 6.07) is 11.3. The van der Waals surface area contributed by atoms with E-state index in [9.17, 15) is 24.8 Å². The Kier molecular flexibility index (Phi) is 4.60. The number of ketones is 1. The Morgan fingerprint density at radius 3 is 2.38 bits per heavy atom. The van der Waals surface area contributed by atoms with Crippen molar-refractivity contribution < 1.29 is 19.6 Å². The Balaban J connectivity index is 2.24. The number of amides is 1. The quantitative estimate of drug-likeness (QED) is 0.271. The number of likely N-dealkylation sites (tertiary alicyclic amines) is 1. The number of nitro benzene ring substituents is 1. The molecule has 1 aliphatic rings. The van der Waals surface area contributed by atoms with Crippen molar-refractivity contribution in [2.45, 2.75) is 6.04 Å². The fourth-order valence-corrected chi connectivity index (χ4v) is 3.22. The van der Waals surface area contributed by atoms with E-state index in [1.165, 1.54) is 25.2 Å². The summed E-state index contributed by atoms with van der Waals surface area (Å²) in [7, 11) is 1.38. The zero-order valence-corrected chi connectivity index (χ0v) is 15.1. The van der Waals surface area contributed by atoms with Crippen molar-refractivity contribution in [3.8, 4) is 0 Å². The molecule has 1 aliphatic heterocycles. The van der Waals surface area contributed by atoms with Gasteiger partial charge < -0.3 is 10.0 Å². The van der Waals surface area contributed by atoms with E-state index < -0.39 is 22.7 Å². The number of nitrogens with zero attached hydrogens (tertiary/aromatic N) is 2. The third kappa shape index (κ3) is 2.88. The minimum absolute atomic E-state index is 0.165. The van der Waals surface area contributed by atoms with Crippen LogP contribution in [0.1, 0.15) is 17.2 Å². The van der Waals surface area contributed by atoms with E-state index in [2.05, 4.69) is 15.9 Å². The highest BCUT2D eigenvalue weighted by atomic mass is 79.9. The first-order valence-electron chi connectivity index (χ1n) is 7.56. The number of nitro groups is 1. The molecule has 8 heteroatoms. The molecular formula is C18H13BrN2O5. The van der Waals surface area contributed by atoms with E-state index in [-0.39, 0.29) is 22.6 Å². The van der Waals surface area contributed by atoms with Gasteiger partial charge in [0.2, 0.25) is 0 Å². The second kappa shape index (κ2) is 6.72. The SMILES string of the molecule is CN1C(=O)C(=O)C(=C(O)c2ccc(Br)cc2)[C@@H]1c1ccccc1[N+](=O)[O-]. The molecule has 1 atom stereocenters. The third-order valence-corrected chi connectivity index (χ3v) is 4.75. The molecule has 1 fully saturated rings. The molecular weight excluding hydrogens is 404 g/mol. The molecule has 0 aromatic heterocycles. The molecule has 1 amide bonds.